The summed E-state index contributed by atoms with van der Waals surface area (Å²) in [5, 5.41) is 2.84. The van der Waals surface area contributed by atoms with Gasteiger partial charge in [-0.3, -0.25) is 4.79 Å². The molecule has 6 heteroatoms. The van der Waals surface area contributed by atoms with Crippen molar-refractivity contribution in [2.45, 2.75) is 25.5 Å². The van der Waals surface area contributed by atoms with Crippen molar-refractivity contribution >= 4 is 5.91 Å². The third-order valence-electron chi connectivity index (χ3n) is 3.52. The summed E-state index contributed by atoms with van der Waals surface area (Å²) in [5.41, 5.74) is 0.864. The lowest BCUT2D eigenvalue weighted by molar-refractivity contribution is -0.130. The van der Waals surface area contributed by atoms with Gasteiger partial charge in [-0.2, -0.15) is 0 Å². The molecule has 1 atom stereocenters. The average Bonchev–Trinajstić information content (AvgIpc) is 3.10. The summed E-state index contributed by atoms with van der Waals surface area (Å²) in [5.74, 6) is 0.469. The third-order valence-corrected chi connectivity index (χ3v) is 3.52. The van der Waals surface area contributed by atoms with Crippen LogP contribution >= 0.6 is 0 Å². The topological polar surface area (TPSA) is 60.5 Å². The van der Waals surface area contributed by atoms with Crippen molar-refractivity contribution in [1.82, 2.24) is 10.3 Å². The van der Waals surface area contributed by atoms with E-state index in [0.29, 0.717) is 24.8 Å². The Kier molecular flexibility index (Phi) is 4.83. The fourth-order valence-electron chi connectivity index (χ4n) is 2.33. The average molecular weight is 316 g/mol. The quantitative estimate of drug-likeness (QED) is 0.921. The number of aromatic nitrogens is 1. The van der Waals surface area contributed by atoms with E-state index in [1.54, 1.807) is 18.3 Å². The van der Waals surface area contributed by atoms with Gasteiger partial charge in [-0.25, -0.2) is 9.37 Å². The second-order valence-corrected chi connectivity index (χ2v) is 5.28. The molecule has 0 spiro atoms. The number of pyridine rings is 1. The van der Waals surface area contributed by atoms with Gasteiger partial charge in [-0.05, 0) is 48.7 Å². The molecule has 1 aromatic heterocycles. The van der Waals surface area contributed by atoms with Gasteiger partial charge in [0.05, 0.1) is 0 Å². The smallest absolute Gasteiger partial charge is 0.249 e. The summed E-state index contributed by atoms with van der Waals surface area (Å²) >= 11 is 0. The minimum Gasteiger partial charge on any atom is -0.439 e. The van der Waals surface area contributed by atoms with Gasteiger partial charge in [0.25, 0.3) is 0 Å². The molecule has 1 aromatic carbocycles. The molecule has 1 amide bonds. The fraction of sp³-hybridized carbons (Fsp3) is 0.294. The summed E-state index contributed by atoms with van der Waals surface area (Å²) in [6, 6.07) is 9.24. The highest BCUT2D eigenvalue weighted by atomic mass is 19.1. The predicted molar refractivity (Wildman–Crippen MR) is 81.5 cm³/mol. The van der Waals surface area contributed by atoms with Crippen LogP contribution in [-0.2, 0) is 16.1 Å². The monoisotopic (exact) mass is 316 g/mol. The molecule has 1 aliphatic heterocycles. The van der Waals surface area contributed by atoms with Crippen molar-refractivity contribution in [3.63, 3.8) is 0 Å². The van der Waals surface area contributed by atoms with E-state index in [0.717, 1.165) is 18.4 Å². The summed E-state index contributed by atoms with van der Waals surface area (Å²) in [4.78, 5) is 16.0. The molecular weight excluding hydrogens is 299 g/mol. The van der Waals surface area contributed by atoms with E-state index in [1.807, 2.05) is 0 Å². The molecule has 1 aliphatic rings. The number of nitrogens with one attached hydrogen (secondary N) is 1. The van der Waals surface area contributed by atoms with Crippen molar-refractivity contribution in [3.8, 4) is 11.6 Å². The molecular formula is C17H17FN2O3. The molecule has 0 aliphatic carbocycles. The van der Waals surface area contributed by atoms with Crippen LogP contribution in [0.5, 0.6) is 11.6 Å². The molecule has 2 aromatic rings. The number of nitrogens with zero attached hydrogens (tertiary/aromatic N) is 1. The Labute approximate surface area is 133 Å². The van der Waals surface area contributed by atoms with Crippen LogP contribution in [0.25, 0.3) is 0 Å². The highest BCUT2D eigenvalue weighted by Gasteiger charge is 2.22. The number of carbonyl (C=O) groups excluding carboxylic acids is 1. The Morgan fingerprint density at radius 1 is 1.35 bits per heavy atom. The highest BCUT2D eigenvalue weighted by Crippen LogP contribution is 2.20. The Hall–Kier alpha value is -2.47. The molecule has 120 valence electrons. The molecule has 5 nitrogen and oxygen atoms in total. The Morgan fingerprint density at radius 2 is 2.17 bits per heavy atom. The second-order valence-electron chi connectivity index (χ2n) is 5.28. The van der Waals surface area contributed by atoms with E-state index in [4.69, 9.17) is 9.47 Å². The summed E-state index contributed by atoms with van der Waals surface area (Å²) in [7, 11) is 0. The number of benzene rings is 1. The number of hydrogen-bond acceptors (Lipinski definition) is 4. The van der Waals surface area contributed by atoms with E-state index in [9.17, 15) is 9.18 Å². The Bertz CT molecular complexity index is 670. The number of hydrogen-bond donors (Lipinski definition) is 1. The predicted octanol–water partition coefficient (Wildman–Crippen LogP) is 2.81. The van der Waals surface area contributed by atoms with E-state index < -0.39 is 0 Å². The van der Waals surface area contributed by atoms with Crippen LogP contribution < -0.4 is 10.1 Å². The van der Waals surface area contributed by atoms with Gasteiger partial charge < -0.3 is 14.8 Å². The van der Waals surface area contributed by atoms with Gasteiger partial charge in [0.1, 0.15) is 17.7 Å². The molecule has 0 saturated carbocycles. The summed E-state index contributed by atoms with van der Waals surface area (Å²) < 4.78 is 23.8. The minimum atomic E-state index is -0.341. The Balaban J connectivity index is 1.58. The van der Waals surface area contributed by atoms with Crippen molar-refractivity contribution in [3.05, 3.63) is 54.0 Å². The molecule has 23 heavy (non-hydrogen) atoms. The first kappa shape index (κ1) is 15.4. The van der Waals surface area contributed by atoms with E-state index in [-0.39, 0.29) is 17.8 Å². The van der Waals surface area contributed by atoms with Crippen LogP contribution in [-0.4, -0.2) is 23.6 Å². The van der Waals surface area contributed by atoms with Crippen molar-refractivity contribution in [2.24, 2.45) is 0 Å². The summed E-state index contributed by atoms with van der Waals surface area (Å²) in [6.07, 6.45) is 2.95. The molecule has 0 radical (unpaired) electrons. The number of carbonyl (C=O) groups is 1. The molecule has 3 rings (SSSR count). The maximum absolute atomic E-state index is 12.9. The normalized spacial score (nSPS) is 17.0. The first-order valence-corrected chi connectivity index (χ1v) is 7.48. The minimum absolute atomic E-state index is 0.0969. The van der Waals surface area contributed by atoms with Crippen molar-refractivity contribution in [1.29, 1.82) is 0 Å². The maximum atomic E-state index is 12.9. The van der Waals surface area contributed by atoms with Crippen LogP contribution in [0.3, 0.4) is 0 Å². The molecule has 1 N–H and O–H groups in total. The highest BCUT2D eigenvalue weighted by molar-refractivity contribution is 5.80. The maximum Gasteiger partial charge on any atom is 0.249 e. The lowest BCUT2D eigenvalue weighted by Gasteiger charge is -2.11. The van der Waals surface area contributed by atoms with Crippen molar-refractivity contribution in [2.75, 3.05) is 6.61 Å². The van der Waals surface area contributed by atoms with Gasteiger partial charge in [-0.15, -0.1) is 0 Å². The molecule has 1 saturated heterocycles. The lowest BCUT2D eigenvalue weighted by Crippen LogP contribution is -2.33. The third kappa shape index (κ3) is 4.26. The van der Waals surface area contributed by atoms with Crippen LogP contribution in [0.1, 0.15) is 18.4 Å². The number of rotatable bonds is 5. The molecule has 1 fully saturated rings. The van der Waals surface area contributed by atoms with Crippen LogP contribution in [0.2, 0.25) is 0 Å². The second kappa shape index (κ2) is 7.19. The van der Waals surface area contributed by atoms with Gasteiger partial charge in [0, 0.05) is 25.4 Å². The first-order chi connectivity index (χ1) is 11.2. The summed E-state index contributed by atoms with van der Waals surface area (Å²) in [6.45, 7) is 1.02. The van der Waals surface area contributed by atoms with E-state index in [1.165, 1.54) is 24.3 Å². The SMILES string of the molecule is O=C(NCc1ccnc(Oc2ccc(F)cc2)c1)[C@H]1CCCO1. The van der Waals surface area contributed by atoms with Gasteiger partial charge in [0.2, 0.25) is 11.8 Å². The zero-order valence-corrected chi connectivity index (χ0v) is 12.5. The van der Waals surface area contributed by atoms with Gasteiger partial charge in [-0.1, -0.05) is 0 Å². The molecule has 0 unspecified atom stereocenters. The van der Waals surface area contributed by atoms with Crippen LogP contribution in [0, 0.1) is 5.82 Å². The van der Waals surface area contributed by atoms with Gasteiger partial charge in [0.15, 0.2) is 0 Å². The first-order valence-electron chi connectivity index (χ1n) is 7.48. The zero-order chi connectivity index (χ0) is 16.1. The number of ether oxygens (including phenoxy) is 2. The van der Waals surface area contributed by atoms with Crippen molar-refractivity contribution < 1.29 is 18.7 Å². The largest absolute Gasteiger partial charge is 0.439 e. The molecule has 0 bridgehead atoms. The number of amides is 1. The van der Waals surface area contributed by atoms with Crippen LogP contribution in [0.4, 0.5) is 4.39 Å². The number of halogens is 1. The lowest BCUT2D eigenvalue weighted by atomic mass is 10.2. The Morgan fingerprint density at radius 3 is 2.91 bits per heavy atom. The zero-order valence-electron chi connectivity index (χ0n) is 12.5. The van der Waals surface area contributed by atoms with E-state index in [2.05, 4.69) is 10.3 Å². The standard InChI is InChI=1S/C17H17FN2O3/c18-13-3-5-14(6-4-13)23-16-10-12(7-8-19-16)11-20-17(21)15-2-1-9-22-15/h3-8,10,15H,1-2,9,11H2,(H,20,21)/t15-/m1/s1. The molecule has 2 heterocycles. The van der Waals surface area contributed by atoms with E-state index >= 15 is 0 Å². The fourth-order valence-corrected chi connectivity index (χ4v) is 2.33. The van der Waals surface area contributed by atoms with Crippen LogP contribution in [0.15, 0.2) is 42.6 Å². The van der Waals surface area contributed by atoms with Gasteiger partial charge >= 0.3 is 0 Å².